The minimum absolute atomic E-state index is 0.176. The molecule has 0 saturated carbocycles. The van der Waals surface area contributed by atoms with Gasteiger partial charge in [-0.15, -0.1) is 0 Å². The van der Waals surface area contributed by atoms with Gasteiger partial charge in [-0.25, -0.2) is 23.7 Å². The number of imidazole rings is 1. The number of halogens is 2. The van der Waals surface area contributed by atoms with E-state index in [9.17, 15) is 8.78 Å². The third kappa shape index (κ3) is 2.97. The summed E-state index contributed by atoms with van der Waals surface area (Å²) in [5, 5.41) is 0. The molecule has 0 radical (unpaired) electrons. The molecule has 0 spiro atoms. The SMILES string of the molecule is Cc1nc2ncc3cc2n1C(c1cc(F)cc(F)c1)OC/C=C\c1cnc2ccn-3c2n1. The van der Waals surface area contributed by atoms with Gasteiger partial charge in [0.1, 0.15) is 23.0 Å². The van der Waals surface area contributed by atoms with Crippen molar-refractivity contribution in [2.45, 2.75) is 13.2 Å². The van der Waals surface area contributed by atoms with Gasteiger partial charge in [-0.3, -0.25) is 14.1 Å². The highest BCUT2D eigenvalue weighted by molar-refractivity contribution is 5.78. The fourth-order valence-electron chi connectivity index (χ4n) is 4.06. The highest BCUT2D eigenvalue weighted by atomic mass is 19.1. The third-order valence-corrected chi connectivity index (χ3v) is 5.44. The molecule has 9 heteroatoms. The summed E-state index contributed by atoms with van der Waals surface area (Å²) >= 11 is 0. The van der Waals surface area contributed by atoms with Gasteiger partial charge in [-0.2, -0.15) is 0 Å². The second-order valence-electron chi connectivity index (χ2n) is 7.55. The predicted octanol–water partition coefficient (Wildman–Crippen LogP) is 4.34. The van der Waals surface area contributed by atoms with E-state index in [1.54, 1.807) is 29.1 Å². The molecule has 32 heavy (non-hydrogen) atoms. The summed E-state index contributed by atoms with van der Waals surface area (Å²) in [6, 6.07) is 7.16. The van der Waals surface area contributed by atoms with Crippen LogP contribution in [-0.2, 0) is 4.74 Å². The molecule has 5 heterocycles. The second-order valence-corrected chi connectivity index (χ2v) is 7.55. The molecular weight excluding hydrogens is 414 g/mol. The Morgan fingerprint density at radius 1 is 1.03 bits per heavy atom. The fourth-order valence-corrected chi connectivity index (χ4v) is 4.06. The van der Waals surface area contributed by atoms with Crippen molar-refractivity contribution >= 4 is 28.4 Å². The zero-order valence-corrected chi connectivity index (χ0v) is 16.9. The maximum atomic E-state index is 14.1. The molecule has 4 bridgehead atoms. The second kappa shape index (κ2) is 7.03. The number of nitrogens with zero attached hydrogens (tertiary/aromatic N) is 6. The summed E-state index contributed by atoms with van der Waals surface area (Å²) in [5.41, 5.74) is 4.38. The van der Waals surface area contributed by atoms with Crippen LogP contribution in [0.2, 0.25) is 0 Å². The summed E-state index contributed by atoms with van der Waals surface area (Å²) in [6.45, 7) is 1.99. The first-order valence-electron chi connectivity index (χ1n) is 10.00. The van der Waals surface area contributed by atoms with E-state index in [2.05, 4.69) is 15.0 Å². The van der Waals surface area contributed by atoms with Gasteiger partial charge in [0.15, 0.2) is 17.5 Å². The monoisotopic (exact) mass is 430 g/mol. The summed E-state index contributed by atoms with van der Waals surface area (Å²) in [4.78, 5) is 18.2. The molecule has 0 amide bonds. The van der Waals surface area contributed by atoms with Crippen molar-refractivity contribution in [1.29, 1.82) is 0 Å². The van der Waals surface area contributed by atoms with Gasteiger partial charge < -0.3 is 4.74 Å². The lowest BCUT2D eigenvalue weighted by Crippen LogP contribution is -2.17. The number of aromatic nitrogens is 6. The number of fused-ring (bicyclic) bond motifs is 3. The lowest BCUT2D eigenvalue weighted by Gasteiger charge is -2.22. The summed E-state index contributed by atoms with van der Waals surface area (Å²) in [5.74, 6) is -0.746. The molecular formula is C23H16F2N6O. The third-order valence-electron chi connectivity index (χ3n) is 5.44. The van der Waals surface area contributed by atoms with Gasteiger partial charge in [-0.1, -0.05) is 6.08 Å². The lowest BCUT2D eigenvalue weighted by atomic mass is 10.1. The van der Waals surface area contributed by atoms with Crippen molar-refractivity contribution in [3.8, 4) is 5.69 Å². The van der Waals surface area contributed by atoms with Gasteiger partial charge in [-0.05, 0) is 37.3 Å². The Hall–Kier alpha value is -3.98. The molecule has 4 aromatic heterocycles. The predicted molar refractivity (Wildman–Crippen MR) is 114 cm³/mol. The largest absolute Gasteiger partial charge is 0.350 e. The molecule has 0 N–H and O–H groups in total. The highest BCUT2D eigenvalue weighted by Gasteiger charge is 2.22. The zero-order valence-electron chi connectivity index (χ0n) is 16.9. The lowest BCUT2D eigenvalue weighted by molar-refractivity contribution is 0.0530. The number of hydrogen-bond acceptors (Lipinski definition) is 5. The van der Waals surface area contributed by atoms with Crippen molar-refractivity contribution in [3.63, 3.8) is 0 Å². The van der Waals surface area contributed by atoms with E-state index in [-0.39, 0.29) is 6.61 Å². The number of aryl methyl sites for hydroxylation is 1. The molecule has 0 fully saturated rings. The standard InChI is InChI=1S/C23H16F2N6O/c1-13-28-21-20-10-18(12-27-21)30-5-4-19-22(30)29-17(11-26-19)3-2-6-32-23(31(13)20)14-7-15(24)9-16(25)8-14/h2-5,7-12,23H,6H2,1H3/b3-2-. The Morgan fingerprint density at radius 3 is 2.72 bits per heavy atom. The molecule has 1 atom stereocenters. The molecule has 158 valence electrons. The Labute approximate surface area is 180 Å². The van der Waals surface area contributed by atoms with E-state index in [1.807, 2.05) is 29.8 Å². The van der Waals surface area contributed by atoms with Gasteiger partial charge in [0.05, 0.1) is 35.9 Å². The average molecular weight is 430 g/mol. The van der Waals surface area contributed by atoms with Crippen molar-refractivity contribution in [2.24, 2.45) is 0 Å². The van der Waals surface area contributed by atoms with Crippen LogP contribution >= 0.6 is 0 Å². The molecule has 0 saturated heterocycles. The van der Waals surface area contributed by atoms with E-state index in [0.717, 1.165) is 17.3 Å². The molecule has 1 aliphatic rings. The maximum absolute atomic E-state index is 14.1. The smallest absolute Gasteiger partial charge is 0.178 e. The summed E-state index contributed by atoms with van der Waals surface area (Å²) < 4.78 is 37.9. The van der Waals surface area contributed by atoms with Crippen LogP contribution in [0.15, 0.2) is 55.0 Å². The molecule has 1 unspecified atom stereocenters. The van der Waals surface area contributed by atoms with Crippen LogP contribution in [0.3, 0.4) is 0 Å². The first kappa shape index (κ1) is 18.8. The van der Waals surface area contributed by atoms with Crippen LogP contribution in [0.25, 0.3) is 34.1 Å². The van der Waals surface area contributed by atoms with Crippen LogP contribution in [-0.4, -0.2) is 35.7 Å². The minimum Gasteiger partial charge on any atom is -0.350 e. The average Bonchev–Trinajstić information content (AvgIpc) is 3.32. The summed E-state index contributed by atoms with van der Waals surface area (Å²) in [7, 11) is 0. The normalized spacial score (nSPS) is 16.9. The van der Waals surface area contributed by atoms with Crippen molar-refractivity contribution in [2.75, 3.05) is 6.61 Å². The number of hydrogen-bond donors (Lipinski definition) is 0. The molecule has 6 rings (SSSR count). The van der Waals surface area contributed by atoms with Gasteiger partial charge in [0, 0.05) is 17.8 Å². The number of ether oxygens (including phenoxy) is 1. The Bertz CT molecular complexity index is 1520. The zero-order chi connectivity index (χ0) is 21.8. The van der Waals surface area contributed by atoms with E-state index in [0.29, 0.717) is 33.9 Å². The Morgan fingerprint density at radius 2 is 1.88 bits per heavy atom. The topological polar surface area (TPSA) is 70.7 Å². The number of benzene rings is 1. The summed E-state index contributed by atoms with van der Waals surface area (Å²) in [6.07, 6.45) is 8.05. The van der Waals surface area contributed by atoms with Crippen LogP contribution in [0.4, 0.5) is 8.78 Å². The minimum atomic E-state index is -0.813. The Balaban J connectivity index is 1.64. The van der Waals surface area contributed by atoms with Gasteiger partial charge in [0.25, 0.3) is 0 Å². The van der Waals surface area contributed by atoms with Crippen LogP contribution < -0.4 is 0 Å². The molecule has 5 aromatic rings. The highest BCUT2D eigenvalue weighted by Crippen LogP contribution is 2.30. The number of rotatable bonds is 1. The first-order valence-corrected chi connectivity index (χ1v) is 10.00. The molecule has 0 aliphatic carbocycles. The van der Waals surface area contributed by atoms with E-state index in [1.165, 1.54) is 12.1 Å². The molecule has 1 aliphatic heterocycles. The molecule has 1 aromatic carbocycles. The van der Waals surface area contributed by atoms with Crippen LogP contribution in [0.5, 0.6) is 0 Å². The quantitative estimate of drug-likeness (QED) is 0.396. The Kier molecular flexibility index (Phi) is 4.12. The van der Waals surface area contributed by atoms with Crippen molar-refractivity contribution in [1.82, 2.24) is 29.1 Å². The van der Waals surface area contributed by atoms with Gasteiger partial charge in [0.2, 0.25) is 0 Å². The first-order chi connectivity index (χ1) is 15.6. The van der Waals surface area contributed by atoms with E-state index < -0.39 is 17.9 Å². The number of pyridine rings is 1. The maximum Gasteiger partial charge on any atom is 0.178 e. The van der Waals surface area contributed by atoms with Crippen LogP contribution in [0.1, 0.15) is 23.3 Å². The molecule has 7 nitrogen and oxygen atoms in total. The van der Waals surface area contributed by atoms with Crippen molar-refractivity contribution in [3.05, 3.63) is 83.7 Å². The van der Waals surface area contributed by atoms with Gasteiger partial charge >= 0.3 is 0 Å². The van der Waals surface area contributed by atoms with Crippen molar-refractivity contribution < 1.29 is 13.5 Å². The fraction of sp³-hybridized carbons (Fsp3) is 0.130. The van der Waals surface area contributed by atoms with Crippen LogP contribution in [0, 0.1) is 18.6 Å². The van der Waals surface area contributed by atoms with E-state index in [4.69, 9.17) is 9.72 Å². The van der Waals surface area contributed by atoms with E-state index >= 15 is 0 Å².